The fourth-order valence-electron chi connectivity index (χ4n) is 2.77. The van der Waals surface area contributed by atoms with Crippen molar-refractivity contribution in [1.29, 1.82) is 0 Å². The number of aryl methyl sites for hydroxylation is 1. The second-order valence-corrected chi connectivity index (χ2v) is 5.69. The van der Waals surface area contributed by atoms with Crippen molar-refractivity contribution in [3.8, 4) is 0 Å². The lowest BCUT2D eigenvalue weighted by molar-refractivity contribution is -0.137. The van der Waals surface area contributed by atoms with Gasteiger partial charge in [-0.2, -0.15) is 13.2 Å². The van der Waals surface area contributed by atoms with Crippen molar-refractivity contribution in [3.05, 3.63) is 59.2 Å². The van der Waals surface area contributed by atoms with E-state index in [0.717, 1.165) is 37.1 Å². The van der Waals surface area contributed by atoms with Crippen molar-refractivity contribution in [1.82, 2.24) is 0 Å². The van der Waals surface area contributed by atoms with E-state index in [0.29, 0.717) is 5.69 Å². The van der Waals surface area contributed by atoms with Crippen LogP contribution in [0.5, 0.6) is 0 Å². The van der Waals surface area contributed by atoms with Gasteiger partial charge in [0.15, 0.2) is 0 Å². The first kappa shape index (κ1) is 14.9. The number of anilines is 2. The molecule has 0 spiro atoms. The normalized spacial score (nSPS) is 17.9. The molecule has 3 rings (SSSR count). The molecule has 1 atom stereocenters. The van der Waals surface area contributed by atoms with Gasteiger partial charge in [0.1, 0.15) is 0 Å². The molecule has 0 heterocycles. The van der Waals surface area contributed by atoms with Gasteiger partial charge in [0, 0.05) is 17.4 Å². The van der Waals surface area contributed by atoms with E-state index in [9.17, 15) is 13.2 Å². The number of hydrogen-bond acceptors (Lipinski definition) is 2. The lowest BCUT2D eigenvalue weighted by Crippen LogP contribution is -2.27. The molecule has 0 aliphatic heterocycles. The molecule has 1 aliphatic rings. The van der Waals surface area contributed by atoms with Crippen LogP contribution in [-0.4, -0.2) is 6.04 Å². The average Bonchev–Trinajstić information content (AvgIpc) is 2.47. The summed E-state index contributed by atoms with van der Waals surface area (Å²) in [5.41, 5.74) is 9.36. The molecule has 1 aliphatic carbocycles. The highest BCUT2D eigenvalue weighted by Crippen LogP contribution is 2.31. The Morgan fingerprint density at radius 1 is 0.955 bits per heavy atom. The van der Waals surface area contributed by atoms with E-state index in [4.69, 9.17) is 5.73 Å². The number of fused-ring (bicyclic) bond motifs is 1. The van der Waals surface area contributed by atoms with E-state index in [-0.39, 0.29) is 6.04 Å². The van der Waals surface area contributed by atoms with Crippen molar-refractivity contribution in [2.24, 2.45) is 5.73 Å². The van der Waals surface area contributed by atoms with Gasteiger partial charge in [0.25, 0.3) is 0 Å². The predicted octanol–water partition coefficient (Wildman–Crippen LogP) is 4.27. The quantitative estimate of drug-likeness (QED) is 0.870. The molecule has 1 unspecified atom stereocenters. The largest absolute Gasteiger partial charge is 0.416 e. The smallest absolute Gasteiger partial charge is 0.356 e. The molecule has 0 aromatic heterocycles. The maximum Gasteiger partial charge on any atom is 0.416 e. The van der Waals surface area contributed by atoms with E-state index in [1.54, 1.807) is 0 Å². The van der Waals surface area contributed by atoms with Gasteiger partial charge < -0.3 is 11.1 Å². The molecule has 0 bridgehead atoms. The van der Waals surface area contributed by atoms with Gasteiger partial charge in [-0.15, -0.1) is 0 Å². The van der Waals surface area contributed by atoms with Gasteiger partial charge in [-0.05, 0) is 66.8 Å². The Balaban J connectivity index is 1.76. The van der Waals surface area contributed by atoms with Crippen LogP contribution in [0.1, 0.15) is 23.1 Å². The zero-order valence-corrected chi connectivity index (χ0v) is 12.0. The Morgan fingerprint density at radius 3 is 2.32 bits per heavy atom. The van der Waals surface area contributed by atoms with Crippen molar-refractivity contribution in [2.75, 3.05) is 5.32 Å². The van der Waals surface area contributed by atoms with Gasteiger partial charge in [0.05, 0.1) is 5.56 Å². The highest BCUT2D eigenvalue weighted by Gasteiger charge is 2.29. The van der Waals surface area contributed by atoms with Crippen molar-refractivity contribution >= 4 is 11.4 Å². The van der Waals surface area contributed by atoms with Crippen LogP contribution in [0.3, 0.4) is 0 Å². The molecule has 0 amide bonds. The minimum Gasteiger partial charge on any atom is -0.356 e. The molecule has 116 valence electrons. The standard InChI is InChI=1S/C17H17F3N2/c18-17(19,20)13-3-7-15(8-4-13)22-16-6-2-11-9-14(21)5-1-12(11)10-16/h2-4,6-8,10,14,22H,1,5,9,21H2. The lowest BCUT2D eigenvalue weighted by Gasteiger charge is -2.22. The van der Waals surface area contributed by atoms with Gasteiger partial charge >= 0.3 is 6.18 Å². The summed E-state index contributed by atoms with van der Waals surface area (Å²) in [6, 6.07) is 11.3. The SMILES string of the molecule is NC1CCc2cc(Nc3ccc(C(F)(F)F)cc3)ccc2C1. The topological polar surface area (TPSA) is 38.0 Å². The molecule has 2 aromatic rings. The highest BCUT2D eigenvalue weighted by atomic mass is 19.4. The maximum atomic E-state index is 12.5. The summed E-state index contributed by atoms with van der Waals surface area (Å²) in [7, 11) is 0. The molecule has 5 heteroatoms. The summed E-state index contributed by atoms with van der Waals surface area (Å²) in [5, 5.41) is 3.15. The Labute approximate surface area is 127 Å². The predicted molar refractivity (Wildman–Crippen MR) is 81.2 cm³/mol. The highest BCUT2D eigenvalue weighted by molar-refractivity contribution is 5.61. The van der Waals surface area contributed by atoms with E-state index < -0.39 is 11.7 Å². The zero-order chi connectivity index (χ0) is 15.7. The molecular weight excluding hydrogens is 289 g/mol. The van der Waals surface area contributed by atoms with Crippen LogP contribution in [-0.2, 0) is 19.0 Å². The monoisotopic (exact) mass is 306 g/mol. The van der Waals surface area contributed by atoms with E-state index in [1.165, 1.54) is 23.3 Å². The lowest BCUT2D eigenvalue weighted by atomic mass is 9.88. The number of nitrogens with two attached hydrogens (primary N) is 1. The van der Waals surface area contributed by atoms with Crippen molar-refractivity contribution < 1.29 is 13.2 Å². The van der Waals surface area contributed by atoms with E-state index in [1.807, 2.05) is 12.1 Å². The maximum absolute atomic E-state index is 12.5. The minimum absolute atomic E-state index is 0.223. The Bertz CT molecular complexity index is 663. The zero-order valence-electron chi connectivity index (χ0n) is 12.0. The van der Waals surface area contributed by atoms with Crippen molar-refractivity contribution in [2.45, 2.75) is 31.5 Å². The summed E-state index contributed by atoms with van der Waals surface area (Å²) in [4.78, 5) is 0. The van der Waals surface area contributed by atoms with Gasteiger partial charge in [-0.1, -0.05) is 6.07 Å². The fourth-order valence-corrected chi connectivity index (χ4v) is 2.77. The molecule has 0 radical (unpaired) electrons. The summed E-state index contributed by atoms with van der Waals surface area (Å²) in [5.74, 6) is 0. The molecule has 0 saturated heterocycles. The fraction of sp³-hybridized carbons (Fsp3) is 0.294. The third kappa shape index (κ3) is 3.25. The van der Waals surface area contributed by atoms with Crippen LogP contribution in [0, 0.1) is 0 Å². The molecule has 3 N–H and O–H groups in total. The average molecular weight is 306 g/mol. The number of nitrogens with one attached hydrogen (secondary N) is 1. The van der Waals surface area contributed by atoms with Gasteiger partial charge in [0.2, 0.25) is 0 Å². The summed E-state index contributed by atoms with van der Waals surface area (Å²) >= 11 is 0. The first-order valence-corrected chi connectivity index (χ1v) is 7.23. The van der Waals surface area contributed by atoms with E-state index >= 15 is 0 Å². The molecule has 2 nitrogen and oxygen atoms in total. The van der Waals surface area contributed by atoms with Crippen LogP contribution < -0.4 is 11.1 Å². The number of benzene rings is 2. The number of rotatable bonds is 2. The molecular formula is C17H17F3N2. The Hall–Kier alpha value is -2.01. The van der Waals surface area contributed by atoms with Crippen LogP contribution in [0.2, 0.25) is 0 Å². The van der Waals surface area contributed by atoms with Gasteiger partial charge in [-0.3, -0.25) is 0 Å². The van der Waals surface area contributed by atoms with Gasteiger partial charge in [-0.25, -0.2) is 0 Å². The molecule has 0 saturated carbocycles. The first-order valence-electron chi connectivity index (χ1n) is 7.23. The Kier molecular flexibility index (Phi) is 3.83. The number of halogens is 3. The molecule has 2 aromatic carbocycles. The number of alkyl halides is 3. The van der Waals surface area contributed by atoms with Crippen molar-refractivity contribution in [3.63, 3.8) is 0 Å². The Morgan fingerprint density at radius 2 is 1.64 bits per heavy atom. The summed E-state index contributed by atoms with van der Waals surface area (Å²) < 4.78 is 37.6. The number of hydrogen-bond donors (Lipinski definition) is 2. The van der Waals surface area contributed by atoms with Crippen LogP contribution >= 0.6 is 0 Å². The van der Waals surface area contributed by atoms with Crippen LogP contribution in [0.15, 0.2) is 42.5 Å². The third-order valence-corrected chi connectivity index (χ3v) is 3.97. The minimum atomic E-state index is -4.30. The summed E-state index contributed by atoms with van der Waals surface area (Å²) in [6.45, 7) is 0. The van der Waals surface area contributed by atoms with Crippen LogP contribution in [0.4, 0.5) is 24.5 Å². The van der Waals surface area contributed by atoms with E-state index in [2.05, 4.69) is 11.4 Å². The first-order chi connectivity index (χ1) is 10.4. The molecule has 0 fully saturated rings. The second kappa shape index (κ2) is 5.65. The second-order valence-electron chi connectivity index (χ2n) is 5.69. The summed E-state index contributed by atoms with van der Waals surface area (Å²) in [6.07, 6.45) is -1.51. The molecule has 22 heavy (non-hydrogen) atoms. The van der Waals surface area contributed by atoms with Crippen LogP contribution in [0.25, 0.3) is 0 Å². The third-order valence-electron chi connectivity index (χ3n) is 3.97.